The van der Waals surface area contributed by atoms with Crippen LogP contribution in [0, 0.1) is 0 Å². The van der Waals surface area contributed by atoms with Gasteiger partial charge in [-0.05, 0) is 54.2 Å². The van der Waals surface area contributed by atoms with Gasteiger partial charge >= 0.3 is 11.9 Å². The van der Waals surface area contributed by atoms with E-state index in [1.165, 1.54) is 12.1 Å². The van der Waals surface area contributed by atoms with Crippen LogP contribution in [0.4, 0.5) is 5.69 Å². The molecule has 2 heterocycles. The average molecular weight is 654 g/mol. The van der Waals surface area contributed by atoms with Crippen molar-refractivity contribution in [2.24, 2.45) is 4.99 Å². The molecule has 0 aliphatic heterocycles. The summed E-state index contributed by atoms with van der Waals surface area (Å²) in [5.41, 5.74) is 2.77. The van der Waals surface area contributed by atoms with Gasteiger partial charge in [0.25, 0.3) is 0 Å². The average Bonchev–Trinajstić information content (AvgIpc) is 3.04. The van der Waals surface area contributed by atoms with Gasteiger partial charge in [0.1, 0.15) is 11.4 Å². The van der Waals surface area contributed by atoms with Crippen molar-refractivity contribution < 1.29 is 39.5 Å². The Kier molecular flexibility index (Phi) is 16.0. The van der Waals surface area contributed by atoms with Crippen molar-refractivity contribution in [3.8, 4) is 0 Å². The van der Waals surface area contributed by atoms with Gasteiger partial charge in [-0.25, -0.2) is 19.6 Å². The predicted molar refractivity (Wildman–Crippen MR) is 173 cm³/mol. The van der Waals surface area contributed by atoms with Crippen molar-refractivity contribution >= 4 is 35.0 Å². The van der Waals surface area contributed by atoms with E-state index in [1.807, 2.05) is 34.1 Å². The molecule has 46 heavy (non-hydrogen) atoms. The highest BCUT2D eigenvalue weighted by molar-refractivity contribution is 7.78. The first kappa shape index (κ1) is 36.5. The van der Waals surface area contributed by atoms with Gasteiger partial charge in [-0.1, -0.05) is 24.3 Å². The molecular weight excluding hydrogens is 614 g/mol. The Hall–Kier alpha value is -3.98. The number of nitrogens with zero attached hydrogens (tertiary/aromatic N) is 5. The molecule has 1 unspecified atom stereocenters. The number of pyridine rings is 2. The van der Waals surface area contributed by atoms with E-state index in [4.69, 9.17) is 9.47 Å². The molecule has 0 spiro atoms. The lowest BCUT2D eigenvalue weighted by Crippen LogP contribution is -2.34. The molecule has 2 aromatic heterocycles. The van der Waals surface area contributed by atoms with Gasteiger partial charge < -0.3 is 29.9 Å². The first-order chi connectivity index (χ1) is 22.3. The van der Waals surface area contributed by atoms with Gasteiger partial charge in [0.15, 0.2) is 0 Å². The summed E-state index contributed by atoms with van der Waals surface area (Å²) in [4.78, 5) is 38.8. The number of rotatable bonds is 22. The van der Waals surface area contributed by atoms with E-state index >= 15 is 0 Å². The molecule has 0 saturated carbocycles. The van der Waals surface area contributed by atoms with E-state index in [9.17, 15) is 30.0 Å². The molecule has 1 aromatic carbocycles. The number of carbonyl (C=O) groups is 2. The Morgan fingerprint density at radius 2 is 1.35 bits per heavy atom. The molecule has 3 aromatic rings. The second kappa shape index (κ2) is 20.2. The van der Waals surface area contributed by atoms with E-state index in [0.29, 0.717) is 76.0 Å². The Morgan fingerprint density at radius 1 is 0.804 bits per heavy atom. The molecule has 0 aliphatic carbocycles. The van der Waals surface area contributed by atoms with Crippen molar-refractivity contribution in [1.29, 1.82) is 0 Å². The summed E-state index contributed by atoms with van der Waals surface area (Å²) >= 11 is 4.68. The van der Waals surface area contributed by atoms with Crippen molar-refractivity contribution in [3.05, 3.63) is 89.0 Å². The number of carboxylic acid groups (broad SMARTS) is 2. The van der Waals surface area contributed by atoms with Gasteiger partial charge in [0.2, 0.25) is 0 Å². The maximum Gasteiger partial charge on any atom is 0.354 e. The monoisotopic (exact) mass is 653 g/mol. The number of hydrogen-bond donors (Lipinski definition) is 4. The maximum atomic E-state index is 11.3. The summed E-state index contributed by atoms with van der Waals surface area (Å²) in [6.07, 6.45) is 0.236. The number of isothiocyanates is 1. The van der Waals surface area contributed by atoms with Crippen molar-refractivity contribution in [1.82, 2.24) is 19.8 Å². The first-order valence-electron chi connectivity index (χ1n) is 14.7. The van der Waals surface area contributed by atoms with Gasteiger partial charge in [-0.2, -0.15) is 4.99 Å². The van der Waals surface area contributed by atoms with Crippen LogP contribution in [-0.2, 0) is 29.0 Å². The van der Waals surface area contributed by atoms with Crippen LogP contribution in [-0.4, -0.2) is 123 Å². The highest BCUT2D eigenvalue weighted by Crippen LogP contribution is 2.15. The standard InChI is InChI=1S/C32H39N5O8S/c38-15-11-36(20-26-3-1-5-29(34-26)31(40)41)13-17-44-22-28(19-24-7-9-25(10-8-24)33-23-46)45-18-14-37(12-16-39)21-27-4-2-6-30(35-27)32(42)43/h1-10,28,38-39H,11-22H2,(H,40,41)(H,42,43). The summed E-state index contributed by atoms with van der Waals surface area (Å²) in [5.74, 6) is -2.21. The van der Waals surface area contributed by atoms with Crippen molar-refractivity contribution in [3.63, 3.8) is 0 Å². The Labute approximate surface area is 272 Å². The molecule has 0 aliphatic rings. The van der Waals surface area contributed by atoms with Gasteiger partial charge in [0.05, 0.1) is 61.4 Å². The zero-order chi connectivity index (χ0) is 33.1. The molecule has 0 amide bonds. The topological polar surface area (TPSA) is 178 Å². The summed E-state index contributed by atoms with van der Waals surface area (Å²) in [5, 5.41) is 40.0. The minimum Gasteiger partial charge on any atom is -0.477 e. The molecule has 3 rings (SSSR count). The van der Waals surface area contributed by atoms with Gasteiger partial charge in [-0.3, -0.25) is 9.80 Å². The zero-order valence-electron chi connectivity index (χ0n) is 25.4. The number of carboxylic acids is 2. The van der Waals surface area contributed by atoms with E-state index in [1.54, 1.807) is 24.3 Å². The smallest absolute Gasteiger partial charge is 0.354 e. The fraction of sp³-hybridized carbons (Fsp3) is 0.406. The number of aliphatic imine (C=N–C) groups is 1. The van der Waals surface area contributed by atoms with Gasteiger partial charge in [0, 0.05) is 45.7 Å². The minimum absolute atomic E-state index is 0.0395. The minimum atomic E-state index is -1.10. The SMILES string of the molecule is O=C(O)c1cccc(CN(CCO)CCOCC(Cc2ccc(N=C=S)cc2)OCCN(CCO)Cc2cccc(C(=O)O)n2)n1. The molecule has 13 nitrogen and oxygen atoms in total. The highest BCUT2D eigenvalue weighted by atomic mass is 32.1. The van der Waals surface area contributed by atoms with E-state index in [-0.39, 0.29) is 37.3 Å². The Morgan fingerprint density at radius 3 is 1.85 bits per heavy atom. The van der Waals surface area contributed by atoms with Crippen molar-refractivity contribution in [2.75, 3.05) is 59.2 Å². The lowest BCUT2D eigenvalue weighted by molar-refractivity contribution is -0.0281. The largest absolute Gasteiger partial charge is 0.477 e. The summed E-state index contributed by atoms with van der Waals surface area (Å²) in [6, 6.07) is 17.2. The molecule has 4 N–H and O–H groups in total. The van der Waals surface area contributed by atoms with E-state index in [2.05, 4.69) is 32.3 Å². The predicted octanol–water partition coefficient (Wildman–Crippen LogP) is 2.54. The molecule has 1 atom stereocenters. The van der Waals surface area contributed by atoms with E-state index < -0.39 is 11.9 Å². The van der Waals surface area contributed by atoms with Crippen LogP contribution in [0.2, 0.25) is 0 Å². The van der Waals surface area contributed by atoms with Crippen LogP contribution in [0.1, 0.15) is 37.9 Å². The first-order valence-corrected chi connectivity index (χ1v) is 15.1. The highest BCUT2D eigenvalue weighted by Gasteiger charge is 2.15. The van der Waals surface area contributed by atoms with Crippen LogP contribution in [0.3, 0.4) is 0 Å². The molecule has 0 radical (unpaired) electrons. The van der Waals surface area contributed by atoms with E-state index in [0.717, 1.165) is 5.56 Å². The fourth-order valence-corrected chi connectivity index (χ4v) is 4.70. The second-order valence-electron chi connectivity index (χ2n) is 10.3. The molecule has 14 heteroatoms. The third kappa shape index (κ3) is 13.2. The number of aromatic carboxylic acids is 2. The number of benzene rings is 1. The zero-order valence-corrected chi connectivity index (χ0v) is 26.2. The molecule has 0 saturated heterocycles. The number of aliphatic hydroxyl groups is 2. The molecule has 0 bridgehead atoms. The van der Waals surface area contributed by atoms with Crippen molar-refractivity contribution in [2.45, 2.75) is 25.6 Å². The summed E-state index contributed by atoms with van der Waals surface area (Å²) in [7, 11) is 0. The Bertz CT molecular complexity index is 1440. The number of aliphatic hydroxyl groups excluding tert-OH is 2. The second-order valence-corrected chi connectivity index (χ2v) is 10.5. The van der Waals surface area contributed by atoms with Gasteiger partial charge in [-0.15, -0.1) is 0 Å². The fourth-order valence-electron chi connectivity index (χ4n) is 4.60. The third-order valence-corrected chi connectivity index (χ3v) is 6.94. The summed E-state index contributed by atoms with van der Waals surface area (Å²) < 4.78 is 12.3. The van der Waals surface area contributed by atoms with Crippen LogP contribution in [0.15, 0.2) is 65.7 Å². The number of aromatic nitrogens is 2. The Balaban J connectivity index is 1.59. The molecular formula is C32H39N5O8S. The molecule has 0 fully saturated rings. The number of ether oxygens (including phenoxy) is 2. The normalized spacial score (nSPS) is 11.8. The quantitative estimate of drug-likeness (QED) is 0.0707. The van der Waals surface area contributed by atoms with Crippen LogP contribution < -0.4 is 0 Å². The lowest BCUT2D eigenvalue weighted by Gasteiger charge is -2.24. The lowest BCUT2D eigenvalue weighted by atomic mass is 10.1. The van der Waals surface area contributed by atoms with Crippen LogP contribution >= 0.6 is 12.2 Å². The maximum absolute atomic E-state index is 11.3. The molecule has 246 valence electrons. The number of thiocarbonyl (C=S) groups is 1. The third-order valence-electron chi connectivity index (χ3n) is 6.85. The van der Waals surface area contributed by atoms with Crippen LogP contribution in [0.25, 0.3) is 0 Å². The summed E-state index contributed by atoms with van der Waals surface area (Å²) in [6.45, 7) is 3.14. The van der Waals surface area contributed by atoms with Crippen LogP contribution in [0.5, 0.6) is 0 Å². The number of hydrogen-bond acceptors (Lipinski definition) is 12.